The Balaban J connectivity index is 1.76. The quantitative estimate of drug-likeness (QED) is 0.526. The molecule has 2 nitrogen and oxygen atoms in total. The Morgan fingerprint density at radius 1 is 1.29 bits per heavy atom. The van der Waals surface area contributed by atoms with Crippen molar-refractivity contribution in [3.63, 3.8) is 0 Å². The second kappa shape index (κ2) is 4.58. The summed E-state index contributed by atoms with van der Waals surface area (Å²) in [5, 5.41) is 0. The highest BCUT2D eigenvalue weighted by atomic mass is 16.6. The molecule has 2 unspecified atom stereocenters. The van der Waals surface area contributed by atoms with Crippen LogP contribution in [0.15, 0.2) is 30.3 Å². The summed E-state index contributed by atoms with van der Waals surface area (Å²) in [5.74, 6) is 0. The van der Waals surface area contributed by atoms with Crippen LogP contribution in [-0.4, -0.2) is 19.3 Å². The molecule has 1 aliphatic heterocycles. The van der Waals surface area contributed by atoms with Crippen molar-refractivity contribution >= 4 is 0 Å². The zero-order chi connectivity index (χ0) is 9.80. The van der Waals surface area contributed by atoms with Gasteiger partial charge in [0.2, 0.25) is 0 Å². The number of epoxide rings is 1. The summed E-state index contributed by atoms with van der Waals surface area (Å²) >= 11 is 0. The van der Waals surface area contributed by atoms with E-state index >= 15 is 0 Å². The third-order valence-corrected chi connectivity index (χ3v) is 2.28. The first-order valence-electron chi connectivity index (χ1n) is 4.99. The number of ether oxygens (including phenoxy) is 2. The predicted molar refractivity (Wildman–Crippen MR) is 54.8 cm³/mol. The Kier molecular flexibility index (Phi) is 3.17. The van der Waals surface area contributed by atoms with Crippen LogP contribution in [-0.2, 0) is 9.47 Å². The number of benzene rings is 1. The molecule has 14 heavy (non-hydrogen) atoms. The van der Waals surface area contributed by atoms with Gasteiger partial charge in [-0.25, -0.2) is 0 Å². The van der Waals surface area contributed by atoms with Gasteiger partial charge in [-0.05, 0) is 12.0 Å². The van der Waals surface area contributed by atoms with E-state index < -0.39 is 0 Å². The Morgan fingerprint density at radius 2 is 2.07 bits per heavy atom. The zero-order valence-corrected chi connectivity index (χ0v) is 8.19. The monoisotopic (exact) mass is 191 g/mol. The van der Waals surface area contributed by atoms with E-state index in [0.29, 0.717) is 6.61 Å². The van der Waals surface area contributed by atoms with Crippen LogP contribution >= 0.6 is 0 Å². The fourth-order valence-electron chi connectivity index (χ4n) is 1.51. The van der Waals surface area contributed by atoms with Crippen LogP contribution in [0.5, 0.6) is 0 Å². The highest BCUT2D eigenvalue weighted by Gasteiger charge is 2.39. The predicted octanol–water partition coefficient (Wildman–Crippen LogP) is 2.37. The average molecular weight is 191 g/mol. The van der Waals surface area contributed by atoms with Crippen molar-refractivity contribution in [1.82, 2.24) is 0 Å². The first-order valence-corrected chi connectivity index (χ1v) is 4.99. The van der Waals surface area contributed by atoms with Gasteiger partial charge in [0.1, 0.15) is 12.2 Å². The summed E-state index contributed by atoms with van der Waals surface area (Å²) in [5.41, 5.74) is 1.25. The smallest absolute Gasteiger partial charge is 0.112 e. The zero-order valence-electron chi connectivity index (χ0n) is 8.19. The van der Waals surface area contributed by atoms with Crippen LogP contribution in [0.25, 0.3) is 0 Å². The minimum Gasteiger partial charge on any atom is -0.379 e. The first kappa shape index (κ1) is 9.69. The molecular weight excluding hydrogens is 176 g/mol. The topological polar surface area (TPSA) is 21.8 Å². The highest BCUT2D eigenvalue weighted by Crippen LogP contribution is 2.38. The Hall–Kier alpha value is -0.860. The molecule has 0 saturated carbocycles. The number of hydrogen-bond donors (Lipinski definition) is 0. The van der Waals surface area contributed by atoms with Crippen molar-refractivity contribution in [3.05, 3.63) is 42.8 Å². The van der Waals surface area contributed by atoms with E-state index in [1.807, 2.05) is 18.2 Å². The molecule has 0 aromatic heterocycles. The Morgan fingerprint density at radius 3 is 2.79 bits per heavy atom. The molecule has 0 aliphatic carbocycles. The van der Waals surface area contributed by atoms with E-state index in [0.717, 1.165) is 13.0 Å². The van der Waals surface area contributed by atoms with E-state index in [1.165, 1.54) is 5.56 Å². The lowest BCUT2D eigenvalue weighted by Crippen LogP contribution is -2.03. The molecular formula is C12H15O2. The van der Waals surface area contributed by atoms with Crippen LogP contribution in [0.1, 0.15) is 18.1 Å². The second-order valence-electron chi connectivity index (χ2n) is 3.43. The SMILES string of the molecule is [CH2]CCOCC1OC1c1ccccc1. The van der Waals surface area contributed by atoms with Crippen molar-refractivity contribution < 1.29 is 9.47 Å². The lowest BCUT2D eigenvalue weighted by Gasteiger charge is -1.98. The molecule has 1 heterocycles. The standard InChI is InChI=1S/C12H15O2/c1-2-8-13-9-11-12(14-11)10-6-4-3-5-7-10/h3-7,11-12H,1-2,8-9H2. The van der Waals surface area contributed by atoms with Crippen LogP contribution in [0, 0.1) is 6.92 Å². The molecule has 1 saturated heterocycles. The molecule has 0 amide bonds. The average Bonchev–Trinajstić information content (AvgIpc) is 2.99. The van der Waals surface area contributed by atoms with Gasteiger partial charge in [-0.3, -0.25) is 0 Å². The van der Waals surface area contributed by atoms with Crippen molar-refractivity contribution in [1.29, 1.82) is 0 Å². The Labute approximate surface area is 84.8 Å². The van der Waals surface area contributed by atoms with Gasteiger partial charge in [0.05, 0.1) is 6.61 Å². The van der Waals surface area contributed by atoms with E-state index in [9.17, 15) is 0 Å². The van der Waals surface area contributed by atoms with E-state index in [-0.39, 0.29) is 12.2 Å². The van der Waals surface area contributed by atoms with Gasteiger partial charge >= 0.3 is 0 Å². The maximum atomic E-state index is 5.50. The maximum Gasteiger partial charge on any atom is 0.112 e. The van der Waals surface area contributed by atoms with Gasteiger partial charge < -0.3 is 9.47 Å². The molecule has 1 aromatic rings. The molecule has 1 aromatic carbocycles. The molecule has 2 atom stereocenters. The molecule has 0 spiro atoms. The minimum absolute atomic E-state index is 0.251. The largest absolute Gasteiger partial charge is 0.379 e. The van der Waals surface area contributed by atoms with Gasteiger partial charge in [-0.15, -0.1) is 0 Å². The van der Waals surface area contributed by atoms with Crippen LogP contribution in [0.3, 0.4) is 0 Å². The van der Waals surface area contributed by atoms with Crippen molar-refractivity contribution in [3.8, 4) is 0 Å². The third kappa shape index (κ3) is 2.34. The Bertz CT molecular complexity index is 271. The number of hydrogen-bond acceptors (Lipinski definition) is 2. The van der Waals surface area contributed by atoms with Crippen molar-refractivity contribution in [2.45, 2.75) is 18.6 Å². The molecule has 1 radical (unpaired) electrons. The fraction of sp³-hybridized carbons (Fsp3) is 0.417. The lowest BCUT2D eigenvalue weighted by molar-refractivity contribution is 0.120. The summed E-state index contributed by atoms with van der Waals surface area (Å²) in [7, 11) is 0. The molecule has 0 N–H and O–H groups in total. The summed E-state index contributed by atoms with van der Waals surface area (Å²) in [4.78, 5) is 0. The summed E-state index contributed by atoms with van der Waals surface area (Å²) < 4.78 is 10.9. The maximum absolute atomic E-state index is 5.50. The molecule has 1 aliphatic rings. The van der Waals surface area contributed by atoms with Gasteiger partial charge in [-0.1, -0.05) is 37.3 Å². The number of rotatable bonds is 5. The van der Waals surface area contributed by atoms with Crippen LogP contribution in [0.4, 0.5) is 0 Å². The van der Waals surface area contributed by atoms with Crippen LogP contribution in [0.2, 0.25) is 0 Å². The van der Waals surface area contributed by atoms with E-state index in [1.54, 1.807) is 0 Å². The van der Waals surface area contributed by atoms with Crippen molar-refractivity contribution in [2.24, 2.45) is 0 Å². The minimum atomic E-state index is 0.251. The molecule has 2 heteroatoms. The molecule has 2 rings (SSSR count). The second-order valence-corrected chi connectivity index (χ2v) is 3.43. The third-order valence-electron chi connectivity index (χ3n) is 2.28. The van der Waals surface area contributed by atoms with Crippen LogP contribution < -0.4 is 0 Å². The van der Waals surface area contributed by atoms with Gasteiger partial charge in [0, 0.05) is 6.61 Å². The normalized spacial score (nSPS) is 24.9. The first-order chi connectivity index (χ1) is 6.92. The molecule has 75 valence electrons. The van der Waals surface area contributed by atoms with E-state index in [4.69, 9.17) is 9.47 Å². The molecule has 0 bridgehead atoms. The van der Waals surface area contributed by atoms with E-state index in [2.05, 4.69) is 19.1 Å². The van der Waals surface area contributed by atoms with Gasteiger partial charge in [0.25, 0.3) is 0 Å². The molecule has 1 fully saturated rings. The highest BCUT2D eigenvalue weighted by molar-refractivity contribution is 5.22. The summed E-state index contributed by atoms with van der Waals surface area (Å²) in [6.07, 6.45) is 1.33. The fourth-order valence-corrected chi connectivity index (χ4v) is 1.51. The van der Waals surface area contributed by atoms with Gasteiger partial charge in [0.15, 0.2) is 0 Å². The van der Waals surface area contributed by atoms with Crippen molar-refractivity contribution in [2.75, 3.05) is 13.2 Å². The lowest BCUT2D eigenvalue weighted by atomic mass is 10.1. The summed E-state index contributed by atoms with van der Waals surface area (Å²) in [6, 6.07) is 10.3. The summed E-state index contributed by atoms with van der Waals surface area (Å²) in [6.45, 7) is 5.13. The van der Waals surface area contributed by atoms with Gasteiger partial charge in [-0.2, -0.15) is 0 Å².